The quantitative estimate of drug-likeness (QED) is 0.684. The third-order valence-corrected chi connectivity index (χ3v) is 5.79. The van der Waals surface area contributed by atoms with E-state index < -0.39 is 28.1 Å². The molecule has 0 aliphatic carbocycles. The highest BCUT2D eigenvalue weighted by Crippen LogP contribution is 2.22. The SMILES string of the molecule is Cc1ccc(S(=O)(=O)N2CCO[C@H]2CNC(=O)C(=O)NCC(C)C)cc1. The molecule has 1 fully saturated rings. The molecule has 2 rings (SSSR count). The number of carbonyl (C=O) groups excluding carboxylic acids is 2. The molecule has 0 radical (unpaired) electrons. The normalized spacial score (nSPS) is 18.1. The molecule has 1 saturated heterocycles. The molecule has 8 nitrogen and oxygen atoms in total. The Morgan fingerprint density at radius 3 is 2.42 bits per heavy atom. The van der Waals surface area contributed by atoms with Crippen LogP contribution in [0.1, 0.15) is 19.4 Å². The van der Waals surface area contributed by atoms with Crippen LogP contribution in [0.15, 0.2) is 29.2 Å². The number of ether oxygens (including phenoxy) is 1. The highest BCUT2D eigenvalue weighted by atomic mass is 32.2. The number of aryl methyl sites for hydroxylation is 1. The van der Waals surface area contributed by atoms with E-state index in [1.54, 1.807) is 12.1 Å². The molecule has 0 saturated carbocycles. The highest BCUT2D eigenvalue weighted by Gasteiger charge is 2.36. The van der Waals surface area contributed by atoms with Crippen molar-refractivity contribution >= 4 is 21.8 Å². The Hall–Kier alpha value is -1.97. The highest BCUT2D eigenvalue weighted by molar-refractivity contribution is 7.89. The molecule has 1 atom stereocenters. The molecule has 0 unspecified atom stereocenters. The van der Waals surface area contributed by atoms with Gasteiger partial charge in [0.15, 0.2) is 0 Å². The fourth-order valence-electron chi connectivity index (χ4n) is 2.42. The zero-order chi connectivity index (χ0) is 19.3. The zero-order valence-electron chi connectivity index (χ0n) is 15.2. The third kappa shape index (κ3) is 5.03. The van der Waals surface area contributed by atoms with E-state index in [1.807, 2.05) is 20.8 Å². The van der Waals surface area contributed by atoms with E-state index in [4.69, 9.17) is 4.74 Å². The number of sulfonamides is 1. The van der Waals surface area contributed by atoms with Crippen LogP contribution in [0.3, 0.4) is 0 Å². The van der Waals surface area contributed by atoms with Crippen LogP contribution in [0.5, 0.6) is 0 Å². The number of hydrogen-bond donors (Lipinski definition) is 2. The molecule has 1 aromatic rings. The van der Waals surface area contributed by atoms with E-state index in [0.29, 0.717) is 6.54 Å². The molecular formula is C17H25N3O5S. The monoisotopic (exact) mass is 383 g/mol. The lowest BCUT2D eigenvalue weighted by molar-refractivity contribution is -0.139. The van der Waals surface area contributed by atoms with Gasteiger partial charge in [0.1, 0.15) is 6.23 Å². The maximum absolute atomic E-state index is 12.8. The molecule has 1 aromatic carbocycles. The summed E-state index contributed by atoms with van der Waals surface area (Å²) in [7, 11) is -3.74. The third-order valence-electron chi connectivity index (χ3n) is 3.89. The average Bonchev–Trinajstić information content (AvgIpc) is 3.07. The first kappa shape index (κ1) is 20.3. The number of benzene rings is 1. The molecule has 26 heavy (non-hydrogen) atoms. The lowest BCUT2D eigenvalue weighted by Crippen LogP contribution is -2.47. The summed E-state index contributed by atoms with van der Waals surface area (Å²) in [6, 6.07) is 6.52. The minimum atomic E-state index is -3.74. The average molecular weight is 383 g/mol. The summed E-state index contributed by atoms with van der Waals surface area (Å²) in [5, 5.41) is 4.93. The lowest BCUT2D eigenvalue weighted by atomic mass is 10.2. The summed E-state index contributed by atoms with van der Waals surface area (Å²) < 4.78 is 32.2. The Kier molecular flexibility index (Phi) is 6.74. The number of carbonyl (C=O) groups is 2. The van der Waals surface area contributed by atoms with Crippen molar-refractivity contribution < 1.29 is 22.7 Å². The first-order valence-electron chi connectivity index (χ1n) is 8.48. The van der Waals surface area contributed by atoms with Gasteiger partial charge in [0.05, 0.1) is 18.0 Å². The van der Waals surface area contributed by atoms with Crippen molar-refractivity contribution in [1.29, 1.82) is 0 Å². The van der Waals surface area contributed by atoms with Gasteiger partial charge >= 0.3 is 11.8 Å². The van der Waals surface area contributed by atoms with Crippen molar-refractivity contribution in [2.24, 2.45) is 5.92 Å². The van der Waals surface area contributed by atoms with Gasteiger partial charge in [0.25, 0.3) is 0 Å². The van der Waals surface area contributed by atoms with Crippen molar-refractivity contribution in [3.05, 3.63) is 29.8 Å². The van der Waals surface area contributed by atoms with E-state index >= 15 is 0 Å². The van der Waals surface area contributed by atoms with Gasteiger partial charge in [-0.2, -0.15) is 4.31 Å². The van der Waals surface area contributed by atoms with E-state index in [0.717, 1.165) is 5.56 Å². The second-order valence-corrected chi connectivity index (χ2v) is 8.46. The van der Waals surface area contributed by atoms with Crippen LogP contribution in [0.25, 0.3) is 0 Å². The van der Waals surface area contributed by atoms with Crippen LogP contribution >= 0.6 is 0 Å². The van der Waals surface area contributed by atoms with E-state index in [9.17, 15) is 18.0 Å². The number of nitrogens with zero attached hydrogens (tertiary/aromatic N) is 1. The molecule has 0 spiro atoms. The topological polar surface area (TPSA) is 105 Å². The molecule has 0 bridgehead atoms. The summed E-state index contributed by atoms with van der Waals surface area (Å²) in [6.45, 7) is 6.41. The van der Waals surface area contributed by atoms with Gasteiger partial charge in [-0.3, -0.25) is 9.59 Å². The summed E-state index contributed by atoms with van der Waals surface area (Å²) in [6.07, 6.45) is -0.844. The molecule has 144 valence electrons. The molecule has 9 heteroatoms. The number of rotatable bonds is 6. The maximum Gasteiger partial charge on any atom is 0.309 e. The van der Waals surface area contributed by atoms with Crippen LogP contribution < -0.4 is 10.6 Å². The van der Waals surface area contributed by atoms with Crippen molar-refractivity contribution in [3.8, 4) is 0 Å². The largest absolute Gasteiger partial charge is 0.359 e. The van der Waals surface area contributed by atoms with E-state index in [2.05, 4.69) is 10.6 Å². The zero-order valence-corrected chi connectivity index (χ0v) is 16.0. The Labute approximate surface area is 153 Å². The number of amides is 2. The summed E-state index contributed by atoms with van der Waals surface area (Å²) >= 11 is 0. The predicted molar refractivity (Wildman–Crippen MR) is 95.7 cm³/mol. The van der Waals surface area contributed by atoms with Crippen LogP contribution in [0.2, 0.25) is 0 Å². The van der Waals surface area contributed by atoms with E-state index in [-0.39, 0.29) is 30.5 Å². The number of hydrogen-bond acceptors (Lipinski definition) is 5. The summed E-state index contributed by atoms with van der Waals surface area (Å²) in [5.74, 6) is -1.33. The molecular weight excluding hydrogens is 358 g/mol. The molecule has 0 aromatic heterocycles. The van der Waals surface area contributed by atoms with Crippen molar-refractivity contribution in [1.82, 2.24) is 14.9 Å². The lowest BCUT2D eigenvalue weighted by Gasteiger charge is -2.23. The second kappa shape index (κ2) is 8.61. The Morgan fingerprint density at radius 1 is 1.19 bits per heavy atom. The molecule has 2 amide bonds. The minimum absolute atomic E-state index is 0.0982. The number of nitrogens with one attached hydrogen (secondary N) is 2. The Balaban J connectivity index is 1.98. The van der Waals surface area contributed by atoms with Gasteiger partial charge in [0, 0.05) is 13.1 Å². The van der Waals surface area contributed by atoms with Crippen LogP contribution in [0, 0.1) is 12.8 Å². The van der Waals surface area contributed by atoms with Gasteiger partial charge in [0.2, 0.25) is 10.0 Å². The fraction of sp³-hybridized carbons (Fsp3) is 0.529. The maximum atomic E-state index is 12.8. The fourth-order valence-corrected chi connectivity index (χ4v) is 3.94. The second-order valence-electron chi connectivity index (χ2n) is 6.57. The predicted octanol–water partition coefficient (Wildman–Crippen LogP) is 0.230. The minimum Gasteiger partial charge on any atom is -0.359 e. The van der Waals surface area contributed by atoms with Gasteiger partial charge in [-0.1, -0.05) is 31.5 Å². The molecule has 1 aliphatic heterocycles. The van der Waals surface area contributed by atoms with Crippen molar-refractivity contribution in [3.63, 3.8) is 0 Å². The van der Waals surface area contributed by atoms with Crippen LogP contribution in [-0.2, 0) is 24.3 Å². The van der Waals surface area contributed by atoms with E-state index in [1.165, 1.54) is 16.4 Å². The van der Waals surface area contributed by atoms with Gasteiger partial charge in [-0.25, -0.2) is 8.42 Å². The van der Waals surface area contributed by atoms with Crippen molar-refractivity contribution in [2.45, 2.75) is 31.9 Å². The van der Waals surface area contributed by atoms with Crippen LogP contribution in [-0.4, -0.2) is 57.0 Å². The summed E-state index contributed by atoms with van der Waals surface area (Å²) in [4.78, 5) is 23.7. The smallest absolute Gasteiger partial charge is 0.309 e. The summed E-state index contributed by atoms with van der Waals surface area (Å²) in [5.41, 5.74) is 0.956. The first-order valence-corrected chi connectivity index (χ1v) is 9.92. The van der Waals surface area contributed by atoms with Gasteiger partial charge in [-0.05, 0) is 25.0 Å². The first-order chi connectivity index (χ1) is 12.2. The molecule has 2 N–H and O–H groups in total. The Morgan fingerprint density at radius 2 is 1.81 bits per heavy atom. The Bertz CT molecular complexity index is 746. The van der Waals surface area contributed by atoms with Gasteiger partial charge < -0.3 is 15.4 Å². The van der Waals surface area contributed by atoms with Crippen molar-refractivity contribution in [2.75, 3.05) is 26.2 Å². The van der Waals surface area contributed by atoms with Gasteiger partial charge in [-0.15, -0.1) is 0 Å². The molecule has 1 aliphatic rings. The standard InChI is InChI=1S/C17H25N3O5S/c1-12(2)10-18-16(21)17(22)19-11-15-20(8-9-25-15)26(23,24)14-6-4-13(3)5-7-14/h4-7,12,15H,8-11H2,1-3H3,(H,18,21)(H,19,22)/t15-/m0/s1. The molecule has 1 heterocycles. The van der Waals surface area contributed by atoms with Crippen LogP contribution in [0.4, 0.5) is 0 Å².